The average molecular weight is 693 g/mol. The molecule has 48 heavy (non-hydrogen) atoms. The number of halogens is 1. The van der Waals surface area contributed by atoms with Gasteiger partial charge in [-0.2, -0.15) is 0 Å². The molecule has 1 saturated carbocycles. The number of carbonyl (C=O) groups excluding carboxylic acids is 1. The minimum absolute atomic E-state index is 0.134. The molecule has 256 valence electrons. The maximum absolute atomic E-state index is 13.5. The monoisotopic (exact) mass is 692 g/mol. The summed E-state index contributed by atoms with van der Waals surface area (Å²) in [7, 11) is -1.93. The van der Waals surface area contributed by atoms with Gasteiger partial charge in [0.2, 0.25) is 10.0 Å². The number of aromatic nitrogens is 2. The largest absolute Gasteiger partial charge is 0.490 e. The van der Waals surface area contributed by atoms with Crippen molar-refractivity contribution in [3.63, 3.8) is 0 Å². The number of ether oxygens (including phenoxy) is 2. The van der Waals surface area contributed by atoms with E-state index in [1.54, 1.807) is 12.3 Å². The summed E-state index contributed by atoms with van der Waals surface area (Å²) in [5, 5.41) is 0.0503. The van der Waals surface area contributed by atoms with E-state index in [9.17, 15) is 13.2 Å². The number of hydrogen-bond donors (Lipinski definition) is 1. The van der Waals surface area contributed by atoms with Crippen molar-refractivity contribution in [1.29, 1.82) is 0 Å². The molecule has 9 nitrogen and oxygen atoms in total. The second-order valence-corrected chi connectivity index (χ2v) is 16.4. The zero-order valence-electron chi connectivity index (χ0n) is 27.7. The lowest BCUT2D eigenvalue weighted by molar-refractivity contribution is -0.0255. The Hall–Kier alpha value is -3.34. The maximum Gasteiger partial charge on any atom is 0.264 e. The molecular weight excluding hydrogens is 648 g/mol. The van der Waals surface area contributed by atoms with Gasteiger partial charge in [0.1, 0.15) is 18.2 Å². The molecule has 5 atom stereocenters. The molecule has 4 aliphatic rings. The summed E-state index contributed by atoms with van der Waals surface area (Å²) in [6.07, 6.45) is 14.2. The van der Waals surface area contributed by atoms with Gasteiger partial charge in [-0.1, -0.05) is 36.7 Å². The highest BCUT2D eigenvalue weighted by Gasteiger charge is 2.44. The van der Waals surface area contributed by atoms with Gasteiger partial charge >= 0.3 is 0 Å². The van der Waals surface area contributed by atoms with E-state index >= 15 is 0 Å². The SMILES string of the molecule is CC[C@@H]1CC/C=C\[C@H](OCc2nccn2C)[C@@H]2CC[C@H]2CN2C[C@@]3(CCCc4cc(Cl)ccc43)COc3ccc(cc32)C(=O)NS1(=O)=O. The summed E-state index contributed by atoms with van der Waals surface area (Å²) >= 11 is 6.45. The Labute approximate surface area is 288 Å². The van der Waals surface area contributed by atoms with Crippen LogP contribution in [0.2, 0.25) is 5.02 Å². The van der Waals surface area contributed by atoms with Crippen molar-refractivity contribution >= 4 is 33.2 Å². The van der Waals surface area contributed by atoms with Crippen LogP contribution in [0.4, 0.5) is 5.69 Å². The van der Waals surface area contributed by atoms with E-state index in [1.165, 1.54) is 11.1 Å². The first-order valence-electron chi connectivity index (χ1n) is 17.3. The zero-order chi connectivity index (χ0) is 33.5. The lowest BCUT2D eigenvalue weighted by atomic mass is 9.68. The predicted molar refractivity (Wildman–Crippen MR) is 187 cm³/mol. The second-order valence-electron chi connectivity index (χ2n) is 14.0. The standard InChI is InChI=1S/C37H45ClN4O5S/c1-3-29-8-4-5-9-33(46-22-35-39-17-18-41(35)2)30-13-10-27(30)21-42-23-37(16-6-7-25-19-28(38)12-14-31(25)37)24-47-34-15-11-26(20-32(34)42)36(43)40-48(29,44)45/h5,9,11-12,14-15,17-20,27,29-30,33H,3-4,6-8,10,13,16,21-24H2,1-2H3,(H,40,43)/b9-5-/t27-,29+,30+,33-,37-/m0/s1. The molecule has 1 N–H and O–H groups in total. The van der Waals surface area contributed by atoms with Gasteiger partial charge < -0.3 is 18.9 Å². The van der Waals surface area contributed by atoms with E-state index in [0.29, 0.717) is 56.3 Å². The topological polar surface area (TPSA) is 103 Å². The first-order chi connectivity index (χ1) is 23.2. The summed E-state index contributed by atoms with van der Waals surface area (Å²) < 4.78 is 44.4. The summed E-state index contributed by atoms with van der Waals surface area (Å²) in [4.78, 5) is 20.4. The van der Waals surface area contributed by atoms with E-state index in [-0.39, 0.29) is 17.4 Å². The van der Waals surface area contributed by atoms with Crippen LogP contribution in [0.25, 0.3) is 0 Å². The number of nitrogens with one attached hydrogen (secondary N) is 1. The lowest BCUT2D eigenvalue weighted by Crippen LogP contribution is -2.49. The van der Waals surface area contributed by atoms with Crippen molar-refractivity contribution in [3.05, 3.63) is 88.5 Å². The Bertz CT molecular complexity index is 1810. The molecule has 2 aliphatic carbocycles. The van der Waals surface area contributed by atoms with E-state index < -0.39 is 21.2 Å². The highest BCUT2D eigenvalue weighted by atomic mass is 35.5. The molecule has 3 heterocycles. The number of hydrogen-bond acceptors (Lipinski definition) is 7. The number of benzene rings is 2. The van der Waals surface area contributed by atoms with Crippen LogP contribution in [0.3, 0.4) is 0 Å². The molecule has 2 bridgehead atoms. The van der Waals surface area contributed by atoms with Crippen LogP contribution >= 0.6 is 11.6 Å². The Morgan fingerprint density at radius 3 is 2.81 bits per heavy atom. The Balaban J connectivity index is 1.27. The third kappa shape index (κ3) is 6.51. The smallest absolute Gasteiger partial charge is 0.264 e. The molecule has 1 spiro atoms. The fourth-order valence-corrected chi connectivity index (χ4v) is 9.81. The number of nitrogens with zero attached hydrogens (tertiary/aromatic N) is 3. The van der Waals surface area contributed by atoms with Crippen LogP contribution in [0.1, 0.15) is 79.2 Å². The van der Waals surface area contributed by atoms with Crippen LogP contribution in [-0.4, -0.2) is 54.9 Å². The molecule has 1 fully saturated rings. The highest BCUT2D eigenvalue weighted by Crippen LogP contribution is 2.47. The minimum atomic E-state index is -3.90. The van der Waals surface area contributed by atoms with Crippen LogP contribution in [0.15, 0.2) is 60.9 Å². The van der Waals surface area contributed by atoms with E-state index in [4.69, 9.17) is 21.1 Å². The number of sulfonamides is 1. The average Bonchev–Trinajstić information content (AvgIpc) is 3.40. The number of carbonyl (C=O) groups is 1. The molecule has 7 rings (SSSR count). The number of fused-ring (bicyclic) bond motifs is 4. The number of rotatable bonds is 4. The van der Waals surface area contributed by atoms with Crippen LogP contribution < -0.4 is 14.4 Å². The van der Waals surface area contributed by atoms with Crippen molar-refractivity contribution in [2.75, 3.05) is 24.6 Å². The van der Waals surface area contributed by atoms with E-state index in [0.717, 1.165) is 55.2 Å². The van der Waals surface area contributed by atoms with E-state index in [1.807, 2.05) is 42.9 Å². The first kappa shape index (κ1) is 33.2. The third-order valence-electron chi connectivity index (χ3n) is 11.1. The molecule has 0 saturated heterocycles. The fourth-order valence-electron chi connectivity index (χ4n) is 8.18. The summed E-state index contributed by atoms with van der Waals surface area (Å²) in [5.41, 5.74) is 3.41. The van der Waals surface area contributed by atoms with Gasteiger partial charge in [0.25, 0.3) is 5.91 Å². The normalized spacial score (nSPS) is 29.1. The third-order valence-corrected chi connectivity index (χ3v) is 13.2. The van der Waals surface area contributed by atoms with Gasteiger partial charge in [-0.25, -0.2) is 18.1 Å². The van der Waals surface area contributed by atoms with Crippen LogP contribution in [0.5, 0.6) is 5.75 Å². The molecule has 11 heteroatoms. The van der Waals surface area contributed by atoms with Crippen molar-refractivity contribution in [1.82, 2.24) is 14.3 Å². The lowest BCUT2D eigenvalue weighted by Gasteiger charge is -2.46. The van der Waals surface area contributed by atoms with Crippen molar-refractivity contribution in [2.24, 2.45) is 18.9 Å². The van der Waals surface area contributed by atoms with Gasteiger partial charge in [-0.15, -0.1) is 0 Å². The molecule has 1 aromatic heterocycles. The number of amides is 1. The van der Waals surface area contributed by atoms with Gasteiger partial charge in [0.15, 0.2) is 0 Å². The Morgan fingerprint density at radius 1 is 1.17 bits per heavy atom. The summed E-state index contributed by atoms with van der Waals surface area (Å²) in [6, 6.07) is 11.6. The molecule has 2 aromatic carbocycles. The molecule has 1 amide bonds. The molecule has 2 aliphatic heterocycles. The van der Waals surface area contributed by atoms with Crippen LogP contribution in [-0.2, 0) is 40.3 Å². The summed E-state index contributed by atoms with van der Waals surface area (Å²) in [5.74, 6) is 1.60. The Morgan fingerprint density at radius 2 is 2.04 bits per heavy atom. The molecular formula is C37H45ClN4O5S. The van der Waals surface area contributed by atoms with Gasteiger partial charge in [0, 0.05) is 48.5 Å². The molecule has 3 aromatic rings. The summed E-state index contributed by atoms with van der Waals surface area (Å²) in [6.45, 7) is 4.23. The van der Waals surface area contributed by atoms with Gasteiger partial charge in [0.05, 0.1) is 23.6 Å². The van der Waals surface area contributed by atoms with Crippen molar-refractivity contribution in [2.45, 2.75) is 81.7 Å². The zero-order valence-corrected chi connectivity index (χ0v) is 29.3. The quantitative estimate of drug-likeness (QED) is 0.318. The van der Waals surface area contributed by atoms with E-state index in [2.05, 4.69) is 38.9 Å². The maximum atomic E-state index is 13.5. The predicted octanol–water partition coefficient (Wildman–Crippen LogP) is 6.35. The first-order valence-corrected chi connectivity index (χ1v) is 19.2. The Kier molecular flexibility index (Phi) is 9.34. The molecule has 0 unspecified atom stereocenters. The van der Waals surface area contributed by atoms with Crippen molar-refractivity contribution < 1.29 is 22.7 Å². The molecule has 0 radical (unpaired) electrons. The number of imidazole rings is 1. The second kappa shape index (κ2) is 13.5. The highest BCUT2D eigenvalue weighted by molar-refractivity contribution is 7.90. The number of allylic oxidation sites excluding steroid dienone is 1. The van der Waals surface area contributed by atoms with Gasteiger partial charge in [-0.3, -0.25) is 4.79 Å². The minimum Gasteiger partial charge on any atom is -0.490 e. The number of anilines is 1. The van der Waals surface area contributed by atoms with Crippen LogP contribution in [0, 0.1) is 11.8 Å². The van der Waals surface area contributed by atoms with Gasteiger partial charge in [-0.05, 0) is 105 Å². The fraction of sp³-hybridized carbons (Fsp3) is 0.514. The number of aryl methyl sites for hydroxylation is 2. The van der Waals surface area contributed by atoms with Crippen molar-refractivity contribution in [3.8, 4) is 5.75 Å².